The zero-order chi connectivity index (χ0) is 13.0. The molecule has 2 nitrogen and oxygen atoms in total. The summed E-state index contributed by atoms with van der Waals surface area (Å²) in [6.45, 7) is 10.2. The van der Waals surface area contributed by atoms with E-state index < -0.39 is 0 Å². The second-order valence-electron chi connectivity index (χ2n) is 3.00. The molecule has 0 atom stereocenters. The van der Waals surface area contributed by atoms with Crippen LogP contribution in [-0.2, 0) is 0 Å². The first kappa shape index (κ1) is 16.9. The highest BCUT2D eigenvalue weighted by atomic mass is 16.5. The molecule has 1 rings (SSSR count). The van der Waals surface area contributed by atoms with Gasteiger partial charge in [0, 0.05) is 0 Å². The number of methoxy groups -OCH3 is 1. The van der Waals surface area contributed by atoms with Crippen LogP contribution in [0.4, 0.5) is 0 Å². The van der Waals surface area contributed by atoms with Crippen molar-refractivity contribution in [1.29, 1.82) is 5.26 Å². The summed E-state index contributed by atoms with van der Waals surface area (Å²) in [5, 5.41) is 8.54. The van der Waals surface area contributed by atoms with Crippen LogP contribution in [0.25, 0.3) is 0 Å². The Morgan fingerprint density at radius 1 is 1.25 bits per heavy atom. The second kappa shape index (κ2) is 11.6. The predicted molar refractivity (Wildman–Crippen MR) is 69.8 cm³/mol. The Morgan fingerprint density at radius 2 is 1.75 bits per heavy atom. The van der Waals surface area contributed by atoms with E-state index in [-0.39, 0.29) is 0 Å². The normalized spacial score (nSPS) is 7.56. The molecule has 0 aliphatic rings. The standard InChI is InChI=1S/C9H9NO.C3H8.C2H6/c1-7-3-4-8(6-10)5-9(7)11-2;1-3-2;1-2/h3-5H,1-2H3;3H2,1-2H3;1-2H3. The minimum Gasteiger partial charge on any atom is -0.496 e. The summed E-state index contributed by atoms with van der Waals surface area (Å²) in [5.41, 5.74) is 1.68. The van der Waals surface area contributed by atoms with Crippen LogP contribution in [0.15, 0.2) is 18.2 Å². The Labute approximate surface area is 99.9 Å². The van der Waals surface area contributed by atoms with Crippen molar-refractivity contribution in [3.8, 4) is 11.8 Å². The van der Waals surface area contributed by atoms with Gasteiger partial charge in [0.2, 0.25) is 0 Å². The fourth-order valence-corrected chi connectivity index (χ4v) is 0.890. The molecule has 0 N–H and O–H groups in total. The van der Waals surface area contributed by atoms with Crippen LogP contribution in [0, 0.1) is 18.3 Å². The molecule has 2 heteroatoms. The predicted octanol–water partition coefficient (Wildman–Crippen LogP) is 4.32. The number of benzene rings is 1. The molecule has 0 amide bonds. The topological polar surface area (TPSA) is 33.0 Å². The number of nitriles is 1. The lowest BCUT2D eigenvalue weighted by Crippen LogP contribution is -1.87. The van der Waals surface area contributed by atoms with Crippen LogP contribution in [0.5, 0.6) is 5.75 Å². The van der Waals surface area contributed by atoms with E-state index in [1.54, 1.807) is 19.2 Å². The Kier molecular flexibility index (Phi) is 12.3. The molecular weight excluding hydrogens is 198 g/mol. The maximum absolute atomic E-state index is 8.54. The van der Waals surface area contributed by atoms with E-state index in [9.17, 15) is 0 Å². The fourth-order valence-electron chi connectivity index (χ4n) is 0.890. The summed E-state index contributed by atoms with van der Waals surface area (Å²) in [6, 6.07) is 7.43. The molecule has 0 radical (unpaired) electrons. The van der Waals surface area contributed by atoms with Crippen molar-refractivity contribution in [1.82, 2.24) is 0 Å². The molecule has 0 aromatic heterocycles. The third-order valence-corrected chi connectivity index (χ3v) is 1.54. The largest absolute Gasteiger partial charge is 0.496 e. The molecule has 1 aromatic carbocycles. The van der Waals surface area contributed by atoms with Gasteiger partial charge in [0.25, 0.3) is 0 Å². The Hall–Kier alpha value is -1.49. The van der Waals surface area contributed by atoms with Crippen molar-refractivity contribution >= 4 is 0 Å². The maximum atomic E-state index is 8.54. The lowest BCUT2D eigenvalue weighted by Gasteiger charge is -2.02. The summed E-state index contributed by atoms with van der Waals surface area (Å²) in [4.78, 5) is 0. The molecule has 0 aliphatic heterocycles. The van der Waals surface area contributed by atoms with E-state index in [1.807, 2.05) is 32.9 Å². The first-order chi connectivity index (χ1) is 7.69. The molecular formula is C14H23NO. The van der Waals surface area contributed by atoms with Gasteiger partial charge in [0.15, 0.2) is 0 Å². The van der Waals surface area contributed by atoms with Gasteiger partial charge >= 0.3 is 0 Å². The summed E-state index contributed by atoms with van der Waals surface area (Å²) in [5.74, 6) is 0.768. The quantitative estimate of drug-likeness (QED) is 0.707. The highest BCUT2D eigenvalue weighted by molar-refractivity contribution is 5.41. The molecule has 0 saturated carbocycles. The third-order valence-electron chi connectivity index (χ3n) is 1.54. The number of ether oxygens (including phenoxy) is 1. The number of nitrogens with zero attached hydrogens (tertiary/aromatic N) is 1. The van der Waals surface area contributed by atoms with E-state index in [4.69, 9.17) is 10.00 Å². The van der Waals surface area contributed by atoms with Crippen LogP contribution in [-0.4, -0.2) is 7.11 Å². The van der Waals surface area contributed by atoms with Crippen molar-refractivity contribution < 1.29 is 4.74 Å². The molecule has 1 aromatic rings. The van der Waals surface area contributed by atoms with E-state index in [0.717, 1.165) is 11.3 Å². The SMILES string of the molecule is CC.CCC.COc1cc(C#N)ccc1C. The van der Waals surface area contributed by atoms with Crippen molar-refractivity contribution in [2.24, 2.45) is 0 Å². The van der Waals surface area contributed by atoms with Gasteiger partial charge in [-0.15, -0.1) is 0 Å². The Bertz CT molecular complexity index is 313. The highest BCUT2D eigenvalue weighted by Gasteiger charge is 1.97. The van der Waals surface area contributed by atoms with Crippen molar-refractivity contribution in [2.45, 2.75) is 41.0 Å². The van der Waals surface area contributed by atoms with E-state index >= 15 is 0 Å². The van der Waals surface area contributed by atoms with Gasteiger partial charge in [-0.3, -0.25) is 0 Å². The van der Waals surface area contributed by atoms with E-state index in [1.165, 1.54) is 6.42 Å². The second-order valence-corrected chi connectivity index (χ2v) is 3.00. The Morgan fingerprint density at radius 3 is 2.12 bits per heavy atom. The molecule has 90 valence electrons. The molecule has 0 spiro atoms. The van der Waals surface area contributed by atoms with Gasteiger partial charge in [0.05, 0.1) is 18.7 Å². The van der Waals surface area contributed by atoms with Gasteiger partial charge < -0.3 is 4.74 Å². The van der Waals surface area contributed by atoms with Crippen molar-refractivity contribution in [2.75, 3.05) is 7.11 Å². The molecule has 0 bridgehead atoms. The number of rotatable bonds is 1. The molecule has 0 heterocycles. The third kappa shape index (κ3) is 6.89. The summed E-state index contributed by atoms with van der Waals surface area (Å²) < 4.78 is 5.04. The van der Waals surface area contributed by atoms with Gasteiger partial charge in [-0.05, 0) is 24.6 Å². The van der Waals surface area contributed by atoms with E-state index in [2.05, 4.69) is 13.8 Å². The number of aryl methyl sites for hydroxylation is 1. The summed E-state index contributed by atoms with van der Waals surface area (Å²) >= 11 is 0. The van der Waals surface area contributed by atoms with Crippen LogP contribution in [0.1, 0.15) is 45.2 Å². The highest BCUT2D eigenvalue weighted by Crippen LogP contribution is 2.17. The molecule has 0 unspecified atom stereocenters. The Balaban J connectivity index is 0. The van der Waals surface area contributed by atoms with Gasteiger partial charge in [0.1, 0.15) is 5.75 Å². The van der Waals surface area contributed by atoms with Gasteiger partial charge in [-0.25, -0.2) is 0 Å². The van der Waals surface area contributed by atoms with Crippen LogP contribution < -0.4 is 4.74 Å². The molecule has 16 heavy (non-hydrogen) atoms. The smallest absolute Gasteiger partial charge is 0.123 e. The summed E-state index contributed by atoms with van der Waals surface area (Å²) in [7, 11) is 1.60. The monoisotopic (exact) mass is 221 g/mol. The zero-order valence-corrected chi connectivity index (χ0v) is 11.3. The maximum Gasteiger partial charge on any atom is 0.123 e. The van der Waals surface area contributed by atoms with Crippen LogP contribution >= 0.6 is 0 Å². The van der Waals surface area contributed by atoms with Crippen LogP contribution in [0.2, 0.25) is 0 Å². The first-order valence-corrected chi connectivity index (χ1v) is 5.74. The minimum absolute atomic E-state index is 0.632. The lowest BCUT2D eigenvalue weighted by molar-refractivity contribution is 0.411. The fraction of sp³-hybridized carbons (Fsp3) is 0.500. The van der Waals surface area contributed by atoms with Crippen LogP contribution in [0.3, 0.4) is 0 Å². The average Bonchev–Trinajstić information content (AvgIpc) is 2.33. The molecule has 0 saturated heterocycles. The molecule has 0 aliphatic carbocycles. The minimum atomic E-state index is 0.632. The number of hydrogen-bond acceptors (Lipinski definition) is 2. The lowest BCUT2D eigenvalue weighted by atomic mass is 10.1. The zero-order valence-electron chi connectivity index (χ0n) is 11.3. The summed E-state index contributed by atoms with van der Waals surface area (Å²) in [6.07, 6.45) is 1.25. The van der Waals surface area contributed by atoms with Gasteiger partial charge in [-0.1, -0.05) is 40.2 Å². The number of hydrogen-bond donors (Lipinski definition) is 0. The molecule has 0 fully saturated rings. The first-order valence-electron chi connectivity index (χ1n) is 5.74. The van der Waals surface area contributed by atoms with Gasteiger partial charge in [-0.2, -0.15) is 5.26 Å². The van der Waals surface area contributed by atoms with Crippen molar-refractivity contribution in [3.05, 3.63) is 29.3 Å². The van der Waals surface area contributed by atoms with E-state index in [0.29, 0.717) is 5.56 Å². The van der Waals surface area contributed by atoms with Crippen molar-refractivity contribution in [3.63, 3.8) is 0 Å². The average molecular weight is 221 g/mol.